The fourth-order valence-corrected chi connectivity index (χ4v) is 4.15. The van der Waals surface area contributed by atoms with E-state index in [1.165, 1.54) is 12.1 Å². The average Bonchev–Trinajstić information content (AvgIpc) is 2.58. The molecule has 6 nitrogen and oxygen atoms in total. The molecule has 0 aliphatic carbocycles. The SMILES string of the molecule is CC(COc1ccc(S(C)(=O)=O)c(F)c1)CC1CCN(C(=O)OC(C)(C)C)CC1. The molecule has 1 aliphatic rings. The van der Waals surface area contributed by atoms with Gasteiger partial charge in [-0.3, -0.25) is 0 Å². The summed E-state index contributed by atoms with van der Waals surface area (Å²) in [5.74, 6) is 0.274. The van der Waals surface area contributed by atoms with E-state index in [1.54, 1.807) is 4.90 Å². The number of benzene rings is 1. The lowest BCUT2D eigenvalue weighted by atomic mass is 9.88. The summed E-state index contributed by atoms with van der Waals surface area (Å²) in [6.07, 6.45) is 3.50. The zero-order chi connectivity index (χ0) is 21.8. The first kappa shape index (κ1) is 23.4. The van der Waals surface area contributed by atoms with Crippen molar-refractivity contribution in [3.8, 4) is 5.75 Å². The number of ether oxygens (including phenoxy) is 2. The number of likely N-dealkylation sites (tertiary alicyclic amines) is 1. The lowest BCUT2D eigenvalue weighted by Gasteiger charge is -2.34. The van der Waals surface area contributed by atoms with Crippen molar-refractivity contribution in [1.82, 2.24) is 4.90 Å². The van der Waals surface area contributed by atoms with E-state index in [9.17, 15) is 17.6 Å². The van der Waals surface area contributed by atoms with Crippen LogP contribution >= 0.6 is 0 Å². The number of sulfone groups is 1. The lowest BCUT2D eigenvalue weighted by Crippen LogP contribution is -2.42. The molecule has 164 valence electrons. The molecule has 1 unspecified atom stereocenters. The van der Waals surface area contributed by atoms with Crippen molar-refractivity contribution in [1.29, 1.82) is 0 Å². The van der Waals surface area contributed by atoms with E-state index in [2.05, 4.69) is 6.92 Å². The topological polar surface area (TPSA) is 72.9 Å². The summed E-state index contributed by atoms with van der Waals surface area (Å²) >= 11 is 0. The van der Waals surface area contributed by atoms with Gasteiger partial charge in [-0.15, -0.1) is 0 Å². The standard InChI is InChI=1S/C21H32FNO5S/c1-15(14-27-17-6-7-19(18(22)13-17)29(5,25)26)12-16-8-10-23(11-9-16)20(24)28-21(2,3)4/h6-7,13,15-16H,8-12,14H2,1-5H3. The van der Waals surface area contributed by atoms with Gasteiger partial charge in [-0.05, 0) is 64.0 Å². The second-order valence-corrected chi connectivity index (χ2v) is 10.9. The normalized spacial score (nSPS) is 17.1. The Morgan fingerprint density at radius 1 is 1.28 bits per heavy atom. The van der Waals surface area contributed by atoms with E-state index < -0.39 is 21.3 Å². The summed E-state index contributed by atoms with van der Waals surface area (Å²) in [4.78, 5) is 13.6. The van der Waals surface area contributed by atoms with Crippen LogP contribution in [0.5, 0.6) is 5.75 Å². The van der Waals surface area contributed by atoms with Gasteiger partial charge < -0.3 is 14.4 Å². The van der Waals surface area contributed by atoms with Gasteiger partial charge in [-0.25, -0.2) is 17.6 Å². The molecule has 0 bridgehead atoms. The molecular formula is C21H32FNO5S. The molecule has 1 heterocycles. The molecule has 0 N–H and O–H groups in total. The van der Waals surface area contributed by atoms with E-state index in [0.717, 1.165) is 31.6 Å². The summed E-state index contributed by atoms with van der Waals surface area (Å²) in [7, 11) is -3.59. The number of rotatable bonds is 6. The highest BCUT2D eigenvalue weighted by Gasteiger charge is 2.27. The molecule has 1 aliphatic heterocycles. The van der Waals surface area contributed by atoms with Crippen molar-refractivity contribution in [3.05, 3.63) is 24.0 Å². The number of amides is 1. The van der Waals surface area contributed by atoms with Gasteiger partial charge in [0, 0.05) is 25.4 Å². The second-order valence-electron chi connectivity index (χ2n) is 8.93. The zero-order valence-electron chi connectivity index (χ0n) is 17.9. The van der Waals surface area contributed by atoms with Crippen molar-refractivity contribution in [2.45, 2.75) is 57.5 Å². The molecule has 0 aromatic heterocycles. The first-order chi connectivity index (χ1) is 13.3. The Balaban J connectivity index is 1.77. The molecule has 8 heteroatoms. The van der Waals surface area contributed by atoms with Crippen molar-refractivity contribution in [3.63, 3.8) is 0 Å². The maximum atomic E-state index is 13.9. The molecular weight excluding hydrogens is 397 g/mol. The molecule has 0 saturated carbocycles. The van der Waals surface area contributed by atoms with E-state index in [-0.39, 0.29) is 16.9 Å². The van der Waals surface area contributed by atoms with Crippen LogP contribution in [0.3, 0.4) is 0 Å². The largest absolute Gasteiger partial charge is 0.493 e. The van der Waals surface area contributed by atoms with Gasteiger partial charge in [-0.1, -0.05) is 6.92 Å². The van der Waals surface area contributed by atoms with Gasteiger partial charge >= 0.3 is 6.09 Å². The fourth-order valence-electron chi connectivity index (χ4n) is 3.43. The van der Waals surface area contributed by atoms with Crippen LogP contribution in [0.15, 0.2) is 23.1 Å². The Bertz CT molecular complexity index is 811. The number of piperidine rings is 1. The van der Waals surface area contributed by atoms with Crippen LogP contribution in [0.25, 0.3) is 0 Å². The van der Waals surface area contributed by atoms with E-state index in [1.807, 2.05) is 20.8 Å². The molecule has 1 atom stereocenters. The number of hydrogen-bond donors (Lipinski definition) is 0. The second kappa shape index (κ2) is 9.32. The molecule has 1 aromatic rings. The molecule has 1 amide bonds. The highest BCUT2D eigenvalue weighted by Crippen LogP contribution is 2.26. The predicted octanol–water partition coefficient (Wildman–Crippen LogP) is 4.28. The van der Waals surface area contributed by atoms with E-state index in [4.69, 9.17) is 9.47 Å². The van der Waals surface area contributed by atoms with Crippen molar-refractivity contribution in [2.24, 2.45) is 11.8 Å². The van der Waals surface area contributed by atoms with Crippen molar-refractivity contribution < 1.29 is 27.1 Å². The van der Waals surface area contributed by atoms with Gasteiger partial charge in [0.05, 0.1) is 6.61 Å². The third-order valence-corrected chi connectivity index (χ3v) is 5.97. The number of nitrogens with zero attached hydrogens (tertiary/aromatic N) is 1. The monoisotopic (exact) mass is 429 g/mol. The Morgan fingerprint density at radius 2 is 1.90 bits per heavy atom. The Hall–Kier alpha value is -1.83. The van der Waals surface area contributed by atoms with Crippen molar-refractivity contribution in [2.75, 3.05) is 26.0 Å². The fraction of sp³-hybridized carbons (Fsp3) is 0.667. The molecule has 1 aromatic carbocycles. The predicted molar refractivity (Wildman–Crippen MR) is 109 cm³/mol. The van der Waals surface area contributed by atoms with Crippen LogP contribution in [0, 0.1) is 17.7 Å². The molecule has 1 saturated heterocycles. The summed E-state index contributed by atoms with van der Waals surface area (Å²) in [6, 6.07) is 3.82. The summed E-state index contributed by atoms with van der Waals surface area (Å²) in [6.45, 7) is 9.45. The van der Waals surface area contributed by atoms with E-state index in [0.29, 0.717) is 31.4 Å². The minimum atomic E-state index is -3.59. The van der Waals surface area contributed by atoms with Crippen molar-refractivity contribution >= 4 is 15.9 Å². The van der Waals surface area contributed by atoms with Gasteiger partial charge in [0.2, 0.25) is 0 Å². The van der Waals surface area contributed by atoms with Crippen LogP contribution in [0.1, 0.15) is 47.0 Å². The highest BCUT2D eigenvalue weighted by atomic mass is 32.2. The zero-order valence-corrected chi connectivity index (χ0v) is 18.7. The molecule has 2 rings (SSSR count). The van der Waals surface area contributed by atoms with Gasteiger partial charge in [-0.2, -0.15) is 0 Å². The van der Waals surface area contributed by atoms with Gasteiger partial charge in [0.1, 0.15) is 22.1 Å². The molecule has 1 fully saturated rings. The van der Waals surface area contributed by atoms with E-state index >= 15 is 0 Å². The molecule has 29 heavy (non-hydrogen) atoms. The summed E-state index contributed by atoms with van der Waals surface area (Å²) in [5.41, 5.74) is -0.487. The Kier molecular flexibility index (Phi) is 7.54. The lowest BCUT2D eigenvalue weighted by molar-refractivity contribution is 0.0173. The van der Waals surface area contributed by atoms with Crippen LogP contribution in [-0.2, 0) is 14.6 Å². The Labute approximate surface area is 173 Å². The minimum Gasteiger partial charge on any atom is -0.493 e. The van der Waals surface area contributed by atoms with Crippen LogP contribution < -0.4 is 4.74 Å². The number of halogens is 1. The quantitative estimate of drug-likeness (QED) is 0.675. The highest BCUT2D eigenvalue weighted by molar-refractivity contribution is 7.90. The van der Waals surface area contributed by atoms with Gasteiger partial charge in [0.25, 0.3) is 0 Å². The molecule has 0 spiro atoms. The third kappa shape index (κ3) is 7.49. The summed E-state index contributed by atoms with van der Waals surface area (Å²) in [5, 5.41) is 0. The third-order valence-electron chi connectivity index (χ3n) is 4.84. The number of carbonyl (C=O) groups is 1. The first-order valence-corrected chi connectivity index (χ1v) is 11.8. The Morgan fingerprint density at radius 3 is 2.41 bits per heavy atom. The van der Waals surface area contributed by atoms with Crippen LogP contribution in [0.4, 0.5) is 9.18 Å². The smallest absolute Gasteiger partial charge is 0.410 e. The number of hydrogen-bond acceptors (Lipinski definition) is 5. The van der Waals surface area contributed by atoms with Crippen LogP contribution in [-0.4, -0.2) is 51.0 Å². The minimum absolute atomic E-state index is 0.255. The van der Waals surface area contributed by atoms with Crippen LogP contribution in [0.2, 0.25) is 0 Å². The first-order valence-electron chi connectivity index (χ1n) is 9.95. The average molecular weight is 430 g/mol. The molecule has 0 radical (unpaired) electrons. The maximum Gasteiger partial charge on any atom is 0.410 e. The number of carbonyl (C=O) groups excluding carboxylic acids is 1. The van der Waals surface area contributed by atoms with Gasteiger partial charge in [0.15, 0.2) is 9.84 Å². The summed E-state index contributed by atoms with van der Waals surface area (Å²) < 4.78 is 48.0. The maximum absolute atomic E-state index is 13.9.